The summed E-state index contributed by atoms with van der Waals surface area (Å²) in [5, 5.41) is 3.42. The first kappa shape index (κ1) is 27.6. The van der Waals surface area contributed by atoms with Gasteiger partial charge in [0, 0.05) is 52.3 Å². The topological polar surface area (TPSA) is 97.1 Å². The number of nitrogens with one attached hydrogen (secondary N) is 1. The number of hydrogen-bond acceptors (Lipinski definition) is 6. The molecule has 0 radical (unpaired) electrons. The van der Waals surface area contributed by atoms with E-state index in [2.05, 4.69) is 31.0 Å². The van der Waals surface area contributed by atoms with Crippen LogP contribution in [0.4, 0.5) is 5.69 Å². The summed E-state index contributed by atoms with van der Waals surface area (Å²) in [6.07, 6.45) is 3.33. The third kappa shape index (κ3) is 7.48. The maximum atomic E-state index is 13.0. The number of benzene rings is 1. The quantitative estimate of drug-likeness (QED) is 0.548. The van der Waals surface area contributed by atoms with E-state index in [0.717, 1.165) is 52.0 Å². The molecule has 1 aromatic carbocycles. The second-order valence-electron chi connectivity index (χ2n) is 11.0. The molecular formula is C26H41ClN4O4. The zero-order valence-electron chi connectivity index (χ0n) is 21.7. The maximum Gasteiger partial charge on any atom is 0.255 e. The fraction of sp³-hybridized carbons (Fsp3) is 0.692. The van der Waals surface area contributed by atoms with Crippen LogP contribution in [-0.2, 0) is 9.53 Å². The standard InChI is InChI=1S/C26H41ClN4O4/c1-26(2,3)14-24(32)31-10-6-17(7-11-31)15-30-9-8-21(23(16-30)35-5)29-25(33)18-12-19(27)20(28)13-22(18)34-4/h12-13,17,21,23H,6-11,14-16,28H2,1-5H3,(H,29,33)/t21-,23+/m0/s1. The van der Waals surface area contributed by atoms with Crippen LogP contribution in [-0.4, -0.2) is 80.7 Å². The molecule has 0 aliphatic carbocycles. The Kier molecular flexibility index (Phi) is 9.29. The van der Waals surface area contributed by atoms with E-state index >= 15 is 0 Å². The Balaban J connectivity index is 1.51. The number of anilines is 1. The van der Waals surface area contributed by atoms with E-state index in [4.69, 9.17) is 26.8 Å². The molecule has 0 unspecified atom stereocenters. The van der Waals surface area contributed by atoms with Crippen molar-refractivity contribution < 1.29 is 19.1 Å². The largest absolute Gasteiger partial charge is 0.496 e. The predicted octanol–water partition coefficient (Wildman–Crippen LogP) is 3.42. The van der Waals surface area contributed by atoms with Crippen molar-refractivity contribution in [2.75, 3.05) is 52.7 Å². The maximum absolute atomic E-state index is 13.0. The Morgan fingerprint density at radius 1 is 1.14 bits per heavy atom. The molecule has 8 nitrogen and oxygen atoms in total. The van der Waals surface area contributed by atoms with Crippen molar-refractivity contribution in [1.82, 2.24) is 15.1 Å². The van der Waals surface area contributed by atoms with Gasteiger partial charge in [-0.05, 0) is 36.7 Å². The van der Waals surface area contributed by atoms with Crippen molar-refractivity contribution in [3.63, 3.8) is 0 Å². The van der Waals surface area contributed by atoms with Gasteiger partial charge in [-0.3, -0.25) is 9.59 Å². The number of nitrogen functional groups attached to an aromatic ring is 1. The van der Waals surface area contributed by atoms with Crippen molar-refractivity contribution in [2.45, 2.75) is 58.6 Å². The van der Waals surface area contributed by atoms with Gasteiger partial charge >= 0.3 is 0 Å². The van der Waals surface area contributed by atoms with Gasteiger partial charge in [0.05, 0.1) is 35.5 Å². The van der Waals surface area contributed by atoms with Crippen molar-refractivity contribution in [3.8, 4) is 5.75 Å². The molecule has 1 aromatic rings. The van der Waals surface area contributed by atoms with E-state index in [1.165, 1.54) is 7.11 Å². The number of piperidine rings is 2. The van der Waals surface area contributed by atoms with Crippen LogP contribution in [0, 0.1) is 11.3 Å². The van der Waals surface area contributed by atoms with Gasteiger partial charge in [-0.2, -0.15) is 0 Å². The summed E-state index contributed by atoms with van der Waals surface area (Å²) >= 11 is 6.14. The summed E-state index contributed by atoms with van der Waals surface area (Å²) in [5.74, 6) is 0.976. The Hall–Kier alpha value is -2.03. The van der Waals surface area contributed by atoms with Crippen LogP contribution < -0.4 is 15.8 Å². The molecule has 2 heterocycles. The minimum atomic E-state index is -0.253. The number of carbonyl (C=O) groups is 2. The Morgan fingerprint density at radius 3 is 2.43 bits per heavy atom. The van der Waals surface area contributed by atoms with Crippen molar-refractivity contribution in [1.29, 1.82) is 0 Å². The first-order chi connectivity index (χ1) is 16.5. The molecule has 9 heteroatoms. The average molecular weight is 509 g/mol. The molecule has 0 bridgehead atoms. The van der Waals surface area contributed by atoms with E-state index in [1.54, 1.807) is 19.2 Å². The normalized spacial score (nSPS) is 22.2. The molecule has 35 heavy (non-hydrogen) atoms. The van der Waals surface area contributed by atoms with E-state index in [-0.39, 0.29) is 29.4 Å². The number of rotatable bonds is 7. The summed E-state index contributed by atoms with van der Waals surface area (Å²) in [7, 11) is 3.19. The first-order valence-electron chi connectivity index (χ1n) is 12.5. The second kappa shape index (κ2) is 11.8. The number of halogens is 1. The minimum absolute atomic E-state index is 0.0219. The van der Waals surface area contributed by atoms with Crippen LogP contribution in [0.3, 0.4) is 0 Å². The number of hydrogen-bond donors (Lipinski definition) is 2. The van der Waals surface area contributed by atoms with Crippen molar-refractivity contribution >= 4 is 29.1 Å². The van der Waals surface area contributed by atoms with Gasteiger partial charge < -0.3 is 30.3 Å². The van der Waals surface area contributed by atoms with Gasteiger partial charge in [-0.25, -0.2) is 0 Å². The van der Waals surface area contributed by atoms with Crippen LogP contribution in [0.2, 0.25) is 5.02 Å². The second-order valence-corrected chi connectivity index (χ2v) is 11.4. The monoisotopic (exact) mass is 508 g/mol. The molecule has 2 aliphatic heterocycles. The lowest BCUT2D eigenvalue weighted by atomic mass is 9.90. The molecule has 2 aliphatic rings. The van der Waals surface area contributed by atoms with E-state index in [9.17, 15) is 9.59 Å². The van der Waals surface area contributed by atoms with Crippen LogP contribution in [0.25, 0.3) is 0 Å². The Morgan fingerprint density at radius 2 is 1.83 bits per heavy atom. The Labute approximate surface area is 214 Å². The number of ether oxygens (including phenoxy) is 2. The minimum Gasteiger partial charge on any atom is -0.496 e. The third-order valence-electron chi connectivity index (χ3n) is 6.99. The summed E-state index contributed by atoms with van der Waals surface area (Å²) < 4.78 is 11.1. The molecule has 196 valence electrons. The van der Waals surface area contributed by atoms with Crippen LogP contribution >= 0.6 is 11.6 Å². The van der Waals surface area contributed by atoms with Crippen LogP contribution in [0.1, 0.15) is 56.8 Å². The van der Waals surface area contributed by atoms with Gasteiger partial charge in [0.25, 0.3) is 5.91 Å². The molecular weight excluding hydrogens is 468 g/mol. The lowest BCUT2D eigenvalue weighted by Gasteiger charge is -2.41. The third-order valence-corrected chi connectivity index (χ3v) is 7.32. The van der Waals surface area contributed by atoms with Gasteiger partial charge in [-0.1, -0.05) is 32.4 Å². The molecule has 2 atom stereocenters. The number of likely N-dealkylation sites (tertiary alicyclic amines) is 2. The first-order valence-corrected chi connectivity index (χ1v) is 12.8. The molecule has 2 fully saturated rings. The van der Waals surface area contributed by atoms with E-state index in [0.29, 0.717) is 34.4 Å². The molecule has 3 rings (SSSR count). The highest BCUT2D eigenvalue weighted by Gasteiger charge is 2.33. The highest BCUT2D eigenvalue weighted by Crippen LogP contribution is 2.29. The lowest BCUT2D eigenvalue weighted by molar-refractivity contribution is -0.134. The molecule has 0 aromatic heterocycles. The fourth-order valence-electron chi connectivity index (χ4n) is 5.01. The van der Waals surface area contributed by atoms with Crippen molar-refractivity contribution in [3.05, 3.63) is 22.7 Å². The van der Waals surface area contributed by atoms with Gasteiger partial charge in [0.1, 0.15) is 5.75 Å². The number of amides is 2. The van der Waals surface area contributed by atoms with Crippen LogP contribution in [0.15, 0.2) is 12.1 Å². The van der Waals surface area contributed by atoms with Gasteiger partial charge in [0.15, 0.2) is 0 Å². The zero-order valence-corrected chi connectivity index (χ0v) is 22.5. The highest BCUT2D eigenvalue weighted by molar-refractivity contribution is 6.33. The molecule has 3 N–H and O–H groups in total. The number of nitrogens with zero attached hydrogens (tertiary/aromatic N) is 2. The number of nitrogens with two attached hydrogens (primary N) is 1. The highest BCUT2D eigenvalue weighted by atomic mass is 35.5. The SMILES string of the molecule is COc1cc(N)c(Cl)cc1C(=O)N[C@H]1CCN(CC2CCN(C(=O)CC(C)(C)C)CC2)C[C@H]1OC. The van der Waals surface area contributed by atoms with E-state index in [1.807, 2.05) is 4.90 Å². The van der Waals surface area contributed by atoms with E-state index < -0.39 is 0 Å². The zero-order chi connectivity index (χ0) is 25.8. The average Bonchev–Trinajstić information content (AvgIpc) is 2.80. The van der Waals surface area contributed by atoms with Crippen molar-refractivity contribution in [2.24, 2.45) is 11.3 Å². The van der Waals surface area contributed by atoms with Gasteiger partial charge in [-0.15, -0.1) is 0 Å². The van der Waals surface area contributed by atoms with Gasteiger partial charge in [0.2, 0.25) is 5.91 Å². The molecule has 2 amide bonds. The predicted molar refractivity (Wildman–Crippen MR) is 139 cm³/mol. The number of methoxy groups -OCH3 is 2. The molecule has 0 saturated carbocycles. The lowest BCUT2D eigenvalue weighted by Crippen LogP contribution is -2.55. The Bertz CT molecular complexity index is 896. The summed E-state index contributed by atoms with van der Waals surface area (Å²) in [5.41, 5.74) is 6.59. The summed E-state index contributed by atoms with van der Waals surface area (Å²) in [4.78, 5) is 30.0. The smallest absolute Gasteiger partial charge is 0.255 e. The molecule has 2 saturated heterocycles. The number of carbonyl (C=O) groups excluding carboxylic acids is 2. The fourth-order valence-corrected chi connectivity index (χ4v) is 5.17. The summed E-state index contributed by atoms with van der Waals surface area (Å²) in [6.45, 7) is 10.6. The van der Waals surface area contributed by atoms with Crippen LogP contribution in [0.5, 0.6) is 5.75 Å². The summed E-state index contributed by atoms with van der Waals surface area (Å²) in [6, 6.07) is 3.00. The molecule has 0 spiro atoms.